The molecule has 5 rings (SSSR count). The number of aromatic nitrogens is 1. The van der Waals surface area contributed by atoms with E-state index in [1.807, 2.05) is 76.8 Å². The summed E-state index contributed by atoms with van der Waals surface area (Å²) in [7, 11) is 0. The number of carbonyl (C=O) groups is 3. The number of hydrogen-bond acceptors (Lipinski definition) is 5. The first-order valence-electron chi connectivity index (χ1n) is 11.8. The van der Waals surface area contributed by atoms with Gasteiger partial charge in [-0.1, -0.05) is 52.3 Å². The van der Waals surface area contributed by atoms with Crippen LogP contribution in [0.3, 0.4) is 0 Å². The van der Waals surface area contributed by atoms with Crippen LogP contribution in [0.1, 0.15) is 22.4 Å². The van der Waals surface area contributed by atoms with Crippen LogP contribution in [0, 0.1) is 0 Å². The Balaban J connectivity index is 1.32. The lowest BCUT2D eigenvalue weighted by Gasteiger charge is -2.12. The van der Waals surface area contributed by atoms with E-state index < -0.39 is 0 Å². The lowest BCUT2D eigenvalue weighted by molar-refractivity contribution is -0.123. The van der Waals surface area contributed by atoms with Gasteiger partial charge >= 0.3 is 0 Å². The van der Waals surface area contributed by atoms with Crippen LogP contribution in [-0.2, 0) is 29.1 Å². The lowest BCUT2D eigenvalue weighted by atomic mass is 10.1. The molecule has 0 bridgehead atoms. The first kappa shape index (κ1) is 25.5. The Kier molecular flexibility index (Phi) is 7.93. The van der Waals surface area contributed by atoms with Crippen molar-refractivity contribution in [3.8, 4) is 0 Å². The molecule has 1 N–H and O–H groups in total. The zero-order valence-electron chi connectivity index (χ0n) is 19.9. The molecule has 188 valence electrons. The molecule has 9 heteroatoms. The van der Waals surface area contributed by atoms with E-state index in [0.717, 1.165) is 44.0 Å². The third kappa shape index (κ3) is 6.06. The third-order valence-electron chi connectivity index (χ3n) is 6.08. The summed E-state index contributed by atoms with van der Waals surface area (Å²) in [4.78, 5) is 41.2. The smallest absolute Gasteiger partial charge is 0.293 e. The molecule has 2 aromatic heterocycles. The quantitative estimate of drug-likeness (QED) is 0.226. The molecule has 1 aliphatic heterocycles. The van der Waals surface area contributed by atoms with Crippen molar-refractivity contribution >= 4 is 73.1 Å². The molecule has 4 aromatic rings. The molecule has 0 atom stereocenters. The highest BCUT2D eigenvalue weighted by molar-refractivity contribution is 9.10. The average molecular weight is 595 g/mol. The lowest BCUT2D eigenvalue weighted by Crippen LogP contribution is -2.29. The Morgan fingerprint density at radius 1 is 1.05 bits per heavy atom. The number of thiophene rings is 1. The molecular weight excluding hydrogens is 570 g/mol. The maximum atomic E-state index is 13.1. The molecule has 3 heterocycles. The fourth-order valence-electron chi connectivity index (χ4n) is 4.27. The van der Waals surface area contributed by atoms with Crippen LogP contribution >= 0.6 is 39.0 Å². The third-order valence-corrected chi connectivity index (χ3v) is 8.36. The van der Waals surface area contributed by atoms with Gasteiger partial charge in [0.25, 0.3) is 11.1 Å². The number of rotatable bonds is 9. The number of imide groups is 1. The van der Waals surface area contributed by atoms with Crippen molar-refractivity contribution in [2.45, 2.75) is 25.9 Å². The fourth-order valence-corrected chi connectivity index (χ4v) is 6.13. The predicted molar refractivity (Wildman–Crippen MR) is 153 cm³/mol. The summed E-state index contributed by atoms with van der Waals surface area (Å²) >= 11 is 6.09. The number of nitrogens with one attached hydrogen (secondary N) is 1. The van der Waals surface area contributed by atoms with E-state index in [2.05, 4.69) is 21.2 Å². The Hall–Kier alpha value is -3.14. The van der Waals surface area contributed by atoms with Crippen LogP contribution in [0.5, 0.6) is 0 Å². The monoisotopic (exact) mass is 593 g/mol. The number of aryl methyl sites for hydroxylation is 1. The molecule has 37 heavy (non-hydrogen) atoms. The van der Waals surface area contributed by atoms with Gasteiger partial charge in [0.15, 0.2) is 0 Å². The summed E-state index contributed by atoms with van der Waals surface area (Å²) in [5.41, 5.74) is 2.85. The van der Waals surface area contributed by atoms with E-state index >= 15 is 0 Å². The largest absolute Gasteiger partial charge is 0.350 e. The maximum absolute atomic E-state index is 13.1. The standard InChI is InChI=1S/C28H24BrN3O3S2/c29-21-10-11-24-23(15-21)20(17-31(24)18-26(33)30-16-22-9-5-13-36-22)14-25-27(34)32(28(35)37-25)12-4-8-19-6-2-1-3-7-19/h1-3,5-7,9-11,13-15,17H,4,8,12,16,18H2,(H,30,33)/b25-14-. The first-order valence-corrected chi connectivity index (χ1v) is 14.3. The summed E-state index contributed by atoms with van der Waals surface area (Å²) in [6.07, 6.45) is 5.14. The molecule has 2 aromatic carbocycles. The second-order valence-corrected chi connectivity index (χ2v) is 11.6. The van der Waals surface area contributed by atoms with Gasteiger partial charge < -0.3 is 9.88 Å². The summed E-state index contributed by atoms with van der Waals surface area (Å²) < 4.78 is 2.77. The maximum Gasteiger partial charge on any atom is 0.293 e. The number of thioether (sulfide) groups is 1. The van der Waals surface area contributed by atoms with Gasteiger partial charge in [-0.05, 0) is 65.9 Å². The molecular formula is C28H24BrN3O3S2. The van der Waals surface area contributed by atoms with E-state index in [1.54, 1.807) is 17.4 Å². The minimum atomic E-state index is -0.271. The van der Waals surface area contributed by atoms with E-state index in [1.165, 1.54) is 10.5 Å². The van der Waals surface area contributed by atoms with Gasteiger partial charge in [-0.15, -0.1) is 11.3 Å². The molecule has 0 radical (unpaired) electrons. The topological polar surface area (TPSA) is 71.4 Å². The van der Waals surface area contributed by atoms with Crippen LogP contribution in [0.4, 0.5) is 4.79 Å². The minimum absolute atomic E-state index is 0.0986. The highest BCUT2D eigenvalue weighted by atomic mass is 79.9. The van der Waals surface area contributed by atoms with E-state index in [-0.39, 0.29) is 23.6 Å². The zero-order valence-corrected chi connectivity index (χ0v) is 23.1. The molecule has 1 aliphatic rings. The first-order chi connectivity index (χ1) is 18.0. The number of fused-ring (bicyclic) bond motifs is 1. The van der Waals surface area contributed by atoms with E-state index in [0.29, 0.717) is 24.4 Å². The summed E-state index contributed by atoms with van der Waals surface area (Å²) in [5.74, 6) is -0.369. The summed E-state index contributed by atoms with van der Waals surface area (Å²) in [5, 5.41) is 5.59. The van der Waals surface area contributed by atoms with Gasteiger partial charge in [0.2, 0.25) is 5.91 Å². The second kappa shape index (κ2) is 11.5. The Labute approximate surface area is 231 Å². The van der Waals surface area contributed by atoms with Crippen LogP contribution in [-0.4, -0.2) is 33.1 Å². The van der Waals surface area contributed by atoms with E-state index in [4.69, 9.17) is 0 Å². The van der Waals surface area contributed by atoms with Crippen molar-refractivity contribution in [1.82, 2.24) is 14.8 Å². The normalized spacial score (nSPS) is 14.7. The summed E-state index contributed by atoms with van der Waals surface area (Å²) in [6.45, 7) is 1.03. The van der Waals surface area contributed by atoms with Crippen molar-refractivity contribution in [1.29, 1.82) is 0 Å². The van der Waals surface area contributed by atoms with Gasteiger partial charge in [-0.3, -0.25) is 19.3 Å². The predicted octanol–water partition coefficient (Wildman–Crippen LogP) is 6.45. The Morgan fingerprint density at radius 2 is 1.89 bits per heavy atom. The SMILES string of the molecule is O=C(Cn1cc(/C=C2\SC(=O)N(CCCc3ccccc3)C2=O)c2cc(Br)ccc21)NCc1cccs1. The Morgan fingerprint density at radius 3 is 2.68 bits per heavy atom. The average Bonchev–Trinajstić information content (AvgIpc) is 3.59. The van der Waals surface area contributed by atoms with Gasteiger partial charge in [-0.25, -0.2) is 0 Å². The molecule has 1 saturated heterocycles. The highest BCUT2D eigenvalue weighted by Gasteiger charge is 2.34. The van der Waals surface area contributed by atoms with E-state index in [9.17, 15) is 14.4 Å². The van der Waals surface area contributed by atoms with Crippen LogP contribution in [0.25, 0.3) is 17.0 Å². The van der Waals surface area contributed by atoms with Crippen molar-refractivity contribution in [3.05, 3.63) is 97.6 Å². The van der Waals surface area contributed by atoms with Crippen molar-refractivity contribution in [2.24, 2.45) is 0 Å². The van der Waals surface area contributed by atoms with Crippen LogP contribution in [0.2, 0.25) is 0 Å². The molecule has 0 spiro atoms. The number of halogens is 1. The number of carbonyl (C=O) groups excluding carboxylic acids is 3. The minimum Gasteiger partial charge on any atom is -0.350 e. The molecule has 0 aliphatic carbocycles. The highest BCUT2D eigenvalue weighted by Crippen LogP contribution is 2.35. The Bertz CT molecular complexity index is 1480. The second-order valence-electron chi connectivity index (χ2n) is 8.65. The van der Waals surface area contributed by atoms with Crippen LogP contribution in [0.15, 0.2) is 81.6 Å². The number of amides is 3. The molecule has 0 unspecified atom stereocenters. The van der Waals surface area contributed by atoms with Gasteiger partial charge in [-0.2, -0.15) is 0 Å². The fraction of sp³-hybridized carbons (Fsp3) is 0.179. The van der Waals surface area contributed by atoms with Gasteiger partial charge in [0, 0.05) is 38.6 Å². The van der Waals surface area contributed by atoms with Crippen molar-refractivity contribution in [2.75, 3.05) is 6.54 Å². The van der Waals surface area contributed by atoms with Gasteiger partial charge in [0.1, 0.15) is 6.54 Å². The van der Waals surface area contributed by atoms with Crippen molar-refractivity contribution < 1.29 is 14.4 Å². The van der Waals surface area contributed by atoms with Gasteiger partial charge in [0.05, 0.1) is 11.4 Å². The number of hydrogen-bond donors (Lipinski definition) is 1. The molecule has 3 amide bonds. The zero-order chi connectivity index (χ0) is 25.8. The molecule has 6 nitrogen and oxygen atoms in total. The summed E-state index contributed by atoms with van der Waals surface area (Å²) in [6, 6.07) is 19.8. The van der Waals surface area contributed by atoms with Crippen LogP contribution < -0.4 is 5.32 Å². The van der Waals surface area contributed by atoms with Crippen molar-refractivity contribution in [3.63, 3.8) is 0 Å². The molecule has 0 saturated carbocycles. The molecule has 1 fully saturated rings. The number of nitrogens with zero attached hydrogens (tertiary/aromatic N) is 2. The number of benzene rings is 2.